The van der Waals surface area contributed by atoms with Gasteiger partial charge in [-0.3, -0.25) is 14.4 Å². The zero-order chi connectivity index (χ0) is 21.4. The molecule has 2 saturated heterocycles. The Morgan fingerprint density at radius 1 is 1.24 bits per heavy atom. The number of rotatable bonds is 4. The zero-order valence-corrected chi connectivity index (χ0v) is 16.6. The van der Waals surface area contributed by atoms with Crippen molar-refractivity contribution in [3.05, 3.63) is 29.8 Å². The molecule has 2 fully saturated rings. The number of nitrogens with one attached hydrogen (secondary N) is 1. The minimum Gasteiger partial charge on any atom is -0.508 e. The first kappa shape index (κ1) is 22.6. The van der Waals surface area contributed by atoms with Crippen LogP contribution in [-0.4, -0.2) is 89.3 Å². The van der Waals surface area contributed by atoms with Crippen molar-refractivity contribution in [2.45, 2.75) is 25.3 Å². The normalized spacial score (nSPS) is 23.9. The van der Waals surface area contributed by atoms with Crippen LogP contribution < -0.4 is 5.32 Å². The lowest BCUT2D eigenvalue weighted by Crippen LogP contribution is -2.66. The van der Waals surface area contributed by atoms with Crippen molar-refractivity contribution in [2.75, 3.05) is 39.8 Å². The smallest absolute Gasteiger partial charge is 0.290 e. The van der Waals surface area contributed by atoms with Crippen LogP contribution in [0.4, 0.5) is 0 Å². The highest BCUT2D eigenvalue weighted by atomic mass is 16.3. The number of carboxylic acid groups (broad SMARTS) is 1. The Morgan fingerprint density at radius 2 is 1.90 bits per heavy atom. The fourth-order valence-corrected chi connectivity index (χ4v) is 4.26. The number of fused-ring (bicyclic) bond motifs is 1. The Bertz CT molecular complexity index is 711. The number of amides is 2. The Balaban J connectivity index is 0.000000941. The van der Waals surface area contributed by atoms with E-state index >= 15 is 0 Å². The number of piperidine rings is 2. The summed E-state index contributed by atoms with van der Waals surface area (Å²) in [5, 5.41) is 28.2. The second kappa shape index (κ2) is 10.2. The summed E-state index contributed by atoms with van der Waals surface area (Å²) in [5.41, 5.74) is -0.0884. The summed E-state index contributed by atoms with van der Waals surface area (Å²) >= 11 is 0. The van der Waals surface area contributed by atoms with Gasteiger partial charge in [-0.05, 0) is 57.1 Å². The van der Waals surface area contributed by atoms with E-state index in [1.165, 1.54) is 12.1 Å². The summed E-state index contributed by atoms with van der Waals surface area (Å²) in [7, 11) is 2.01. The summed E-state index contributed by atoms with van der Waals surface area (Å²) < 4.78 is 0. The molecule has 0 radical (unpaired) electrons. The van der Waals surface area contributed by atoms with Gasteiger partial charge in [0, 0.05) is 25.2 Å². The topological polar surface area (TPSA) is 130 Å². The number of aliphatic hydroxyl groups is 1. The highest BCUT2D eigenvalue weighted by molar-refractivity contribution is 5.95. The predicted octanol–water partition coefficient (Wildman–Crippen LogP) is 0.128. The molecule has 1 aromatic carbocycles. The summed E-state index contributed by atoms with van der Waals surface area (Å²) in [6.45, 7) is 1.96. The SMILES string of the molecule is CN1CC[C@]2(C(=O)NCCO)CCCN(C(=O)c3ccc(O)cc3)[C@H]2C1.O=CO. The van der Waals surface area contributed by atoms with Crippen LogP contribution in [0.15, 0.2) is 24.3 Å². The van der Waals surface area contributed by atoms with E-state index in [1.807, 2.05) is 11.9 Å². The number of phenols is 1. The van der Waals surface area contributed by atoms with Crippen LogP contribution in [-0.2, 0) is 9.59 Å². The van der Waals surface area contributed by atoms with Crippen LogP contribution in [0.5, 0.6) is 5.75 Å². The number of benzene rings is 1. The molecule has 29 heavy (non-hydrogen) atoms. The third kappa shape index (κ3) is 5.04. The van der Waals surface area contributed by atoms with E-state index < -0.39 is 5.41 Å². The maximum absolute atomic E-state index is 13.1. The third-order valence-electron chi connectivity index (χ3n) is 5.68. The van der Waals surface area contributed by atoms with Gasteiger partial charge in [0.1, 0.15) is 5.75 Å². The molecule has 9 heteroatoms. The van der Waals surface area contributed by atoms with Crippen molar-refractivity contribution in [3.8, 4) is 5.75 Å². The summed E-state index contributed by atoms with van der Waals surface area (Å²) in [5.74, 6) is -0.0486. The molecule has 0 aromatic heterocycles. The molecule has 9 nitrogen and oxygen atoms in total. The maximum atomic E-state index is 13.1. The second-order valence-electron chi connectivity index (χ2n) is 7.42. The van der Waals surface area contributed by atoms with E-state index in [0.717, 1.165) is 19.4 Å². The first-order valence-corrected chi connectivity index (χ1v) is 9.65. The summed E-state index contributed by atoms with van der Waals surface area (Å²) in [4.78, 5) is 38.4. The quantitative estimate of drug-likeness (QED) is 0.522. The van der Waals surface area contributed by atoms with Gasteiger partial charge in [0.05, 0.1) is 18.1 Å². The van der Waals surface area contributed by atoms with E-state index in [0.29, 0.717) is 25.1 Å². The monoisotopic (exact) mass is 407 g/mol. The number of hydrogen-bond acceptors (Lipinski definition) is 6. The lowest BCUT2D eigenvalue weighted by atomic mass is 9.67. The molecule has 0 saturated carbocycles. The van der Waals surface area contributed by atoms with Gasteiger partial charge < -0.3 is 30.4 Å². The number of phenolic OH excluding ortho intramolecular Hbond substituents is 1. The van der Waals surface area contributed by atoms with Gasteiger partial charge in [0.2, 0.25) is 5.91 Å². The first-order valence-electron chi connectivity index (χ1n) is 9.65. The fraction of sp³-hybridized carbons (Fsp3) is 0.550. The number of aliphatic hydroxyl groups excluding tert-OH is 1. The highest BCUT2D eigenvalue weighted by Crippen LogP contribution is 2.43. The van der Waals surface area contributed by atoms with E-state index in [9.17, 15) is 14.7 Å². The van der Waals surface area contributed by atoms with Crippen LogP contribution in [0.2, 0.25) is 0 Å². The molecule has 2 aliphatic rings. The Morgan fingerprint density at radius 3 is 2.52 bits per heavy atom. The summed E-state index contributed by atoms with van der Waals surface area (Å²) in [6, 6.07) is 6.05. The Hall–Kier alpha value is -2.65. The van der Waals surface area contributed by atoms with Crippen LogP contribution in [0.1, 0.15) is 29.6 Å². The van der Waals surface area contributed by atoms with Gasteiger partial charge in [-0.1, -0.05) is 0 Å². The van der Waals surface area contributed by atoms with Gasteiger partial charge in [-0.25, -0.2) is 0 Å². The molecule has 0 unspecified atom stereocenters. The molecule has 2 atom stereocenters. The number of aromatic hydroxyl groups is 1. The minimum atomic E-state index is -0.605. The van der Waals surface area contributed by atoms with Crippen molar-refractivity contribution in [1.82, 2.24) is 15.1 Å². The number of likely N-dealkylation sites (tertiary alicyclic amines) is 2. The van der Waals surface area contributed by atoms with Crippen LogP contribution in [0, 0.1) is 5.41 Å². The molecule has 4 N–H and O–H groups in total. The van der Waals surface area contributed by atoms with Gasteiger partial charge in [0.25, 0.3) is 12.4 Å². The van der Waals surface area contributed by atoms with Gasteiger partial charge >= 0.3 is 0 Å². The molecule has 2 amide bonds. The number of carbonyl (C=O) groups excluding carboxylic acids is 2. The van der Waals surface area contributed by atoms with Crippen LogP contribution >= 0.6 is 0 Å². The van der Waals surface area contributed by atoms with Crippen LogP contribution in [0.25, 0.3) is 0 Å². The average molecular weight is 407 g/mol. The molecular weight excluding hydrogens is 378 g/mol. The van der Waals surface area contributed by atoms with Gasteiger partial charge in [0.15, 0.2) is 0 Å². The van der Waals surface area contributed by atoms with Crippen molar-refractivity contribution in [1.29, 1.82) is 0 Å². The highest BCUT2D eigenvalue weighted by Gasteiger charge is 2.53. The standard InChI is InChI=1S/C19H27N3O4.CH2O2/c1-21-11-8-19(18(26)20-9-12-23)7-2-10-22(16(19)13-21)17(25)14-3-5-15(24)6-4-14;2-1-3/h3-6,16,23-24H,2,7-13H2,1H3,(H,20,26);1H,(H,2,3)/t16-,19+;/m0./s1. The summed E-state index contributed by atoms with van der Waals surface area (Å²) in [6.07, 6.45) is 2.23. The molecule has 2 aliphatic heterocycles. The predicted molar refractivity (Wildman–Crippen MR) is 106 cm³/mol. The molecule has 2 heterocycles. The van der Waals surface area contributed by atoms with E-state index in [4.69, 9.17) is 15.0 Å². The first-order chi connectivity index (χ1) is 13.9. The third-order valence-corrected chi connectivity index (χ3v) is 5.68. The largest absolute Gasteiger partial charge is 0.508 e. The van der Waals surface area contributed by atoms with E-state index in [1.54, 1.807) is 12.1 Å². The number of nitrogens with zero attached hydrogens (tertiary/aromatic N) is 2. The van der Waals surface area contributed by atoms with Crippen molar-refractivity contribution < 1.29 is 29.7 Å². The molecule has 0 aliphatic carbocycles. The molecule has 1 aromatic rings. The number of carbonyl (C=O) groups is 3. The number of hydrogen-bond donors (Lipinski definition) is 4. The Kier molecular flexibility index (Phi) is 7.98. The average Bonchev–Trinajstić information content (AvgIpc) is 2.72. The molecular formula is C20H29N3O6. The zero-order valence-electron chi connectivity index (χ0n) is 16.6. The lowest BCUT2D eigenvalue weighted by molar-refractivity contribution is -0.142. The fourth-order valence-electron chi connectivity index (χ4n) is 4.26. The van der Waals surface area contributed by atoms with Gasteiger partial charge in [-0.2, -0.15) is 0 Å². The minimum absolute atomic E-state index is 0.0622. The van der Waals surface area contributed by atoms with Crippen molar-refractivity contribution >= 4 is 18.3 Å². The van der Waals surface area contributed by atoms with Gasteiger partial charge in [-0.15, -0.1) is 0 Å². The van der Waals surface area contributed by atoms with Crippen molar-refractivity contribution in [2.24, 2.45) is 5.41 Å². The molecule has 3 rings (SSSR count). The number of likely N-dealkylation sites (N-methyl/N-ethyl adjacent to an activating group) is 1. The van der Waals surface area contributed by atoms with E-state index in [-0.39, 0.29) is 43.2 Å². The Labute approximate surface area is 169 Å². The second-order valence-corrected chi connectivity index (χ2v) is 7.42. The lowest BCUT2D eigenvalue weighted by Gasteiger charge is -2.53. The molecule has 0 spiro atoms. The van der Waals surface area contributed by atoms with Crippen molar-refractivity contribution in [3.63, 3.8) is 0 Å². The maximum Gasteiger partial charge on any atom is 0.290 e. The molecule has 0 bridgehead atoms. The molecule has 160 valence electrons. The van der Waals surface area contributed by atoms with Crippen LogP contribution in [0.3, 0.4) is 0 Å². The van der Waals surface area contributed by atoms with E-state index in [2.05, 4.69) is 10.2 Å².